The van der Waals surface area contributed by atoms with Crippen LogP contribution < -0.4 is 10.6 Å². The zero-order valence-electron chi connectivity index (χ0n) is 16.3. The third-order valence-electron chi connectivity index (χ3n) is 5.13. The molecule has 1 fully saturated rings. The maximum Gasteiger partial charge on any atom is 0.191 e. The number of nitrogens with one attached hydrogen (secondary N) is 2. The molecule has 0 spiro atoms. The van der Waals surface area contributed by atoms with E-state index in [0.717, 1.165) is 24.4 Å². The van der Waals surface area contributed by atoms with Gasteiger partial charge in [0.15, 0.2) is 5.96 Å². The molecule has 1 aliphatic heterocycles. The van der Waals surface area contributed by atoms with Gasteiger partial charge < -0.3 is 20.2 Å². The van der Waals surface area contributed by atoms with E-state index in [1.165, 1.54) is 25.3 Å². The van der Waals surface area contributed by atoms with Gasteiger partial charge in [-0.05, 0) is 55.8 Å². The van der Waals surface area contributed by atoms with Crippen molar-refractivity contribution >= 4 is 5.96 Å². The average molecular weight is 388 g/mol. The molecule has 6 nitrogen and oxygen atoms in total. The predicted molar refractivity (Wildman–Crippen MR) is 107 cm³/mol. The molecule has 3 rings (SSSR count). The average Bonchev–Trinajstić information content (AvgIpc) is 3.26. The number of hydrogen-bond donors (Lipinski definition) is 3. The minimum Gasteiger partial charge on any atom is -0.468 e. The Bertz CT molecular complexity index is 758. The molecule has 0 saturated carbocycles. The summed E-state index contributed by atoms with van der Waals surface area (Å²) in [5.41, 5.74) is 1.18. The van der Waals surface area contributed by atoms with Gasteiger partial charge in [-0.3, -0.25) is 9.89 Å². The molecule has 0 radical (unpaired) electrons. The van der Waals surface area contributed by atoms with Gasteiger partial charge in [-0.25, -0.2) is 4.39 Å². The highest BCUT2D eigenvalue weighted by Crippen LogP contribution is 2.24. The third-order valence-corrected chi connectivity index (χ3v) is 5.13. The van der Waals surface area contributed by atoms with Crippen molar-refractivity contribution in [2.45, 2.75) is 38.5 Å². The number of piperidine rings is 1. The van der Waals surface area contributed by atoms with Crippen LogP contribution in [-0.2, 0) is 13.2 Å². The molecule has 0 aliphatic carbocycles. The summed E-state index contributed by atoms with van der Waals surface area (Å²) < 4.78 is 19.2. The molecule has 28 heavy (non-hydrogen) atoms. The number of hydrogen-bond acceptors (Lipinski definition) is 4. The number of furan rings is 1. The quantitative estimate of drug-likeness (QED) is 0.503. The minimum absolute atomic E-state index is 0.153. The van der Waals surface area contributed by atoms with E-state index in [9.17, 15) is 9.50 Å². The van der Waals surface area contributed by atoms with Gasteiger partial charge in [-0.15, -0.1) is 0 Å². The smallest absolute Gasteiger partial charge is 0.191 e. The van der Waals surface area contributed by atoms with E-state index in [4.69, 9.17) is 4.42 Å². The van der Waals surface area contributed by atoms with Crippen LogP contribution in [0.5, 0.6) is 0 Å². The predicted octanol–water partition coefficient (Wildman–Crippen LogP) is 2.80. The normalized spacial score (nSPS) is 16.8. The largest absolute Gasteiger partial charge is 0.468 e. The standard InChI is InChI=1S/C21H29FN4O2/c1-23-21(24-13-16-7-8-18(22)17(12-16)15-27)25-14-19(20-6-5-11-28-20)26-9-3-2-4-10-26/h5-8,11-12,19,27H,2-4,9-10,13-15H2,1H3,(H2,23,24,25). The van der Waals surface area contributed by atoms with Crippen LogP contribution in [0.3, 0.4) is 0 Å². The van der Waals surface area contributed by atoms with Crippen LogP contribution in [0.1, 0.15) is 42.2 Å². The number of aliphatic hydroxyl groups excluding tert-OH is 1. The van der Waals surface area contributed by atoms with Gasteiger partial charge in [0.25, 0.3) is 0 Å². The van der Waals surface area contributed by atoms with Crippen molar-refractivity contribution in [1.82, 2.24) is 15.5 Å². The van der Waals surface area contributed by atoms with Crippen molar-refractivity contribution in [3.8, 4) is 0 Å². The summed E-state index contributed by atoms with van der Waals surface area (Å²) in [5.74, 6) is 1.23. The first-order valence-electron chi connectivity index (χ1n) is 9.81. The summed E-state index contributed by atoms with van der Waals surface area (Å²) in [6.45, 7) is 2.99. The van der Waals surface area contributed by atoms with E-state index in [2.05, 4.69) is 20.5 Å². The number of likely N-dealkylation sites (tertiary alicyclic amines) is 1. The molecule has 0 amide bonds. The van der Waals surface area contributed by atoms with Gasteiger partial charge in [0.1, 0.15) is 11.6 Å². The van der Waals surface area contributed by atoms with Crippen LogP contribution in [0, 0.1) is 5.82 Å². The summed E-state index contributed by atoms with van der Waals surface area (Å²) in [6, 6.07) is 8.84. The summed E-state index contributed by atoms with van der Waals surface area (Å²) in [6.07, 6.45) is 5.42. The third kappa shape index (κ3) is 5.33. The molecule has 2 heterocycles. The van der Waals surface area contributed by atoms with Crippen molar-refractivity contribution < 1.29 is 13.9 Å². The second-order valence-electron chi connectivity index (χ2n) is 7.02. The maximum atomic E-state index is 13.5. The topological polar surface area (TPSA) is 73.0 Å². The highest BCUT2D eigenvalue weighted by molar-refractivity contribution is 5.79. The molecule has 7 heteroatoms. The van der Waals surface area contributed by atoms with Crippen LogP contribution in [0.2, 0.25) is 0 Å². The van der Waals surface area contributed by atoms with Gasteiger partial charge in [0.05, 0.1) is 18.9 Å². The Morgan fingerprint density at radius 1 is 1.25 bits per heavy atom. The number of benzene rings is 1. The number of aliphatic imine (C=N–C) groups is 1. The fourth-order valence-electron chi connectivity index (χ4n) is 3.58. The molecule has 3 N–H and O–H groups in total. The van der Waals surface area contributed by atoms with Gasteiger partial charge in [-0.1, -0.05) is 12.5 Å². The monoisotopic (exact) mass is 388 g/mol. The highest BCUT2D eigenvalue weighted by atomic mass is 19.1. The van der Waals surface area contributed by atoms with Gasteiger partial charge in [0.2, 0.25) is 0 Å². The van der Waals surface area contributed by atoms with E-state index >= 15 is 0 Å². The molecule has 2 aromatic rings. The zero-order valence-corrected chi connectivity index (χ0v) is 16.3. The summed E-state index contributed by atoms with van der Waals surface area (Å²) in [7, 11) is 1.72. The summed E-state index contributed by atoms with van der Waals surface area (Å²) in [5, 5.41) is 15.8. The molecular weight excluding hydrogens is 359 g/mol. The number of guanidine groups is 1. The highest BCUT2D eigenvalue weighted by Gasteiger charge is 2.24. The van der Waals surface area contributed by atoms with Crippen molar-refractivity contribution in [3.05, 3.63) is 59.3 Å². The lowest BCUT2D eigenvalue weighted by Crippen LogP contribution is -2.44. The second-order valence-corrected chi connectivity index (χ2v) is 7.02. The van der Waals surface area contributed by atoms with E-state index in [1.807, 2.05) is 12.1 Å². The Labute approximate surface area is 165 Å². The van der Waals surface area contributed by atoms with Gasteiger partial charge in [0, 0.05) is 25.7 Å². The Balaban J connectivity index is 1.58. The summed E-state index contributed by atoms with van der Waals surface area (Å²) in [4.78, 5) is 6.74. The van der Waals surface area contributed by atoms with Crippen LogP contribution >= 0.6 is 0 Å². The Hall–Kier alpha value is -2.38. The fourth-order valence-corrected chi connectivity index (χ4v) is 3.58. The number of halogens is 1. The van der Waals surface area contributed by atoms with Crippen LogP contribution in [-0.4, -0.2) is 42.6 Å². The zero-order chi connectivity index (χ0) is 19.8. The van der Waals surface area contributed by atoms with Crippen LogP contribution in [0.4, 0.5) is 4.39 Å². The van der Waals surface area contributed by atoms with Gasteiger partial charge in [-0.2, -0.15) is 0 Å². The molecule has 0 bridgehead atoms. The Morgan fingerprint density at radius 3 is 2.75 bits per heavy atom. The lowest BCUT2D eigenvalue weighted by Gasteiger charge is -2.33. The molecule has 1 aromatic heterocycles. The molecule has 1 aromatic carbocycles. The van der Waals surface area contributed by atoms with Crippen molar-refractivity contribution in [1.29, 1.82) is 0 Å². The number of nitrogens with zero attached hydrogens (tertiary/aromatic N) is 2. The summed E-state index contributed by atoms with van der Waals surface area (Å²) >= 11 is 0. The first-order valence-corrected chi connectivity index (χ1v) is 9.81. The number of aliphatic hydroxyl groups is 1. The van der Waals surface area contributed by atoms with E-state index in [0.29, 0.717) is 24.6 Å². The number of rotatable bonds is 7. The van der Waals surface area contributed by atoms with E-state index in [-0.39, 0.29) is 12.6 Å². The first-order chi connectivity index (χ1) is 13.7. The van der Waals surface area contributed by atoms with E-state index < -0.39 is 5.82 Å². The molecule has 1 unspecified atom stereocenters. The SMILES string of the molecule is CN=C(NCc1ccc(F)c(CO)c1)NCC(c1ccco1)N1CCCCC1. The molecule has 1 saturated heterocycles. The molecule has 1 aliphatic rings. The van der Waals surface area contributed by atoms with Crippen molar-refractivity contribution in [3.63, 3.8) is 0 Å². The van der Waals surface area contributed by atoms with Crippen LogP contribution in [0.25, 0.3) is 0 Å². The Kier molecular flexibility index (Phi) is 7.45. The lowest BCUT2D eigenvalue weighted by molar-refractivity contribution is 0.146. The van der Waals surface area contributed by atoms with Gasteiger partial charge >= 0.3 is 0 Å². The second kappa shape index (κ2) is 10.2. The first kappa shape index (κ1) is 20.4. The van der Waals surface area contributed by atoms with Crippen molar-refractivity contribution in [2.24, 2.45) is 4.99 Å². The van der Waals surface area contributed by atoms with E-state index in [1.54, 1.807) is 25.4 Å². The Morgan fingerprint density at radius 2 is 2.07 bits per heavy atom. The lowest BCUT2D eigenvalue weighted by atomic mass is 10.1. The minimum atomic E-state index is -0.392. The molecular formula is C21H29FN4O2. The maximum absolute atomic E-state index is 13.5. The fraction of sp³-hybridized carbons (Fsp3) is 0.476. The molecule has 152 valence electrons. The van der Waals surface area contributed by atoms with Crippen molar-refractivity contribution in [2.75, 3.05) is 26.7 Å². The van der Waals surface area contributed by atoms with Crippen LogP contribution in [0.15, 0.2) is 46.0 Å². The molecule has 1 atom stereocenters.